The number of carbonyl (C=O) groups excluding carboxylic acids is 2. The molecule has 1 aromatic heterocycles. The first kappa shape index (κ1) is 20.8. The molecule has 3 N–H and O–H groups in total. The Morgan fingerprint density at radius 2 is 1.89 bits per heavy atom. The molecule has 0 fully saturated rings. The minimum atomic E-state index is -0.796. The number of para-hydroxylation sites is 1. The molecule has 2 rings (SSSR count). The fourth-order valence-electron chi connectivity index (χ4n) is 2.52. The molecule has 27 heavy (non-hydrogen) atoms. The number of nitrogens with two attached hydrogens (primary N) is 1. The van der Waals surface area contributed by atoms with Crippen LogP contribution >= 0.6 is 0 Å². The zero-order chi connectivity index (χ0) is 20.0. The summed E-state index contributed by atoms with van der Waals surface area (Å²) in [6.07, 6.45) is 2.15. The average Bonchev–Trinajstić information content (AvgIpc) is 2.60. The standard InChI is InChI=1S/C20H27N3O4/c1-20(2,3)27-18(24)15(21)9-10-17(22-4)19(25)26-14-11-13-7-5-6-8-16(13)23-12-14/h5-8,11-12,15,17,22H,9-10,21H2,1-4H3/t15?,17-/m0/s1. The maximum absolute atomic E-state index is 12.4. The predicted octanol–water partition coefficient (Wildman–Crippen LogP) is 2.18. The molecule has 1 unspecified atom stereocenters. The summed E-state index contributed by atoms with van der Waals surface area (Å²) in [7, 11) is 1.66. The van der Waals surface area contributed by atoms with Gasteiger partial charge in [-0.2, -0.15) is 0 Å². The SMILES string of the molecule is CN[C@@H](CCC(N)C(=O)OC(C)(C)C)C(=O)Oc1cnc2ccccc2c1. The number of nitrogens with one attached hydrogen (secondary N) is 1. The third-order valence-electron chi connectivity index (χ3n) is 3.89. The number of carbonyl (C=O) groups is 2. The Bertz CT molecular complexity index is 801. The summed E-state index contributed by atoms with van der Waals surface area (Å²) in [6, 6.07) is 7.94. The third-order valence-corrected chi connectivity index (χ3v) is 3.89. The van der Waals surface area contributed by atoms with Crippen LogP contribution in [0.25, 0.3) is 10.9 Å². The molecular formula is C20H27N3O4. The fraction of sp³-hybridized carbons (Fsp3) is 0.450. The van der Waals surface area contributed by atoms with Crippen LogP contribution in [0, 0.1) is 0 Å². The summed E-state index contributed by atoms with van der Waals surface area (Å²) in [4.78, 5) is 28.6. The molecule has 7 nitrogen and oxygen atoms in total. The molecule has 0 aliphatic heterocycles. The lowest BCUT2D eigenvalue weighted by atomic mass is 10.1. The van der Waals surface area contributed by atoms with E-state index >= 15 is 0 Å². The number of benzene rings is 1. The van der Waals surface area contributed by atoms with Crippen molar-refractivity contribution in [3.8, 4) is 5.75 Å². The lowest BCUT2D eigenvalue weighted by Gasteiger charge is -2.23. The van der Waals surface area contributed by atoms with Crippen molar-refractivity contribution in [1.82, 2.24) is 10.3 Å². The molecule has 7 heteroatoms. The van der Waals surface area contributed by atoms with E-state index in [4.69, 9.17) is 15.2 Å². The van der Waals surface area contributed by atoms with Gasteiger partial charge in [-0.1, -0.05) is 18.2 Å². The van der Waals surface area contributed by atoms with Gasteiger partial charge >= 0.3 is 11.9 Å². The van der Waals surface area contributed by atoms with Gasteiger partial charge in [-0.15, -0.1) is 0 Å². The molecule has 2 aromatic rings. The Balaban J connectivity index is 1.93. The molecule has 0 bridgehead atoms. The number of nitrogens with zero attached hydrogens (tertiary/aromatic N) is 1. The summed E-state index contributed by atoms with van der Waals surface area (Å²) >= 11 is 0. The zero-order valence-electron chi connectivity index (χ0n) is 16.2. The number of hydrogen-bond donors (Lipinski definition) is 2. The van der Waals surface area contributed by atoms with Gasteiger partial charge in [0, 0.05) is 5.39 Å². The Hall–Kier alpha value is -2.51. The number of hydrogen-bond acceptors (Lipinski definition) is 7. The number of ether oxygens (including phenoxy) is 2. The first-order valence-electron chi connectivity index (χ1n) is 8.92. The molecular weight excluding hydrogens is 346 g/mol. The summed E-state index contributed by atoms with van der Waals surface area (Å²) in [5.74, 6) is -0.564. The van der Waals surface area contributed by atoms with E-state index in [-0.39, 0.29) is 0 Å². The second-order valence-corrected chi connectivity index (χ2v) is 7.34. The maximum atomic E-state index is 12.4. The van der Waals surface area contributed by atoms with Gasteiger partial charge in [0.25, 0.3) is 0 Å². The summed E-state index contributed by atoms with van der Waals surface area (Å²) in [5.41, 5.74) is 6.10. The number of rotatable bonds is 7. The van der Waals surface area contributed by atoms with Crippen LogP contribution < -0.4 is 15.8 Å². The van der Waals surface area contributed by atoms with Crippen molar-refractivity contribution in [2.75, 3.05) is 7.05 Å². The molecule has 1 heterocycles. The molecule has 0 aliphatic rings. The Kier molecular flexibility index (Phi) is 6.87. The highest BCUT2D eigenvalue weighted by Crippen LogP contribution is 2.19. The normalized spacial score (nSPS) is 13.8. The van der Waals surface area contributed by atoms with Gasteiger partial charge in [0.05, 0.1) is 11.7 Å². The van der Waals surface area contributed by atoms with Gasteiger partial charge in [0.1, 0.15) is 23.4 Å². The molecule has 1 aromatic carbocycles. The number of esters is 2. The Morgan fingerprint density at radius 1 is 1.19 bits per heavy atom. The number of likely N-dealkylation sites (N-methyl/N-ethyl adjacent to an activating group) is 1. The number of fused-ring (bicyclic) bond motifs is 1. The van der Waals surface area contributed by atoms with Crippen LogP contribution in [0.4, 0.5) is 0 Å². The van der Waals surface area contributed by atoms with Gasteiger partial charge in [0.15, 0.2) is 0 Å². The van der Waals surface area contributed by atoms with Crippen molar-refractivity contribution in [2.45, 2.75) is 51.3 Å². The van der Waals surface area contributed by atoms with Gasteiger partial charge in [0.2, 0.25) is 0 Å². The summed E-state index contributed by atoms with van der Waals surface area (Å²) in [5, 5.41) is 3.78. The highest BCUT2D eigenvalue weighted by atomic mass is 16.6. The van der Waals surface area contributed by atoms with Crippen LogP contribution in [-0.4, -0.2) is 41.7 Å². The lowest BCUT2D eigenvalue weighted by Crippen LogP contribution is -2.41. The molecule has 0 amide bonds. The predicted molar refractivity (Wildman–Crippen MR) is 103 cm³/mol. The second kappa shape index (κ2) is 8.92. The van der Waals surface area contributed by atoms with E-state index in [9.17, 15) is 9.59 Å². The number of pyridine rings is 1. The van der Waals surface area contributed by atoms with Crippen LogP contribution in [0.3, 0.4) is 0 Å². The summed E-state index contributed by atoms with van der Waals surface area (Å²) in [6.45, 7) is 5.34. The monoisotopic (exact) mass is 373 g/mol. The Labute approximate surface area is 159 Å². The molecule has 146 valence electrons. The van der Waals surface area contributed by atoms with Crippen molar-refractivity contribution in [1.29, 1.82) is 0 Å². The van der Waals surface area contributed by atoms with E-state index in [2.05, 4.69) is 10.3 Å². The van der Waals surface area contributed by atoms with Crippen LogP contribution in [-0.2, 0) is 14.3 Å². The highest BCUT2D eigenvalue weighted by molar-refractivity contribution is 5.82. The highest BCUT2D eigenvalue weighted by Gasteiger charge is 2.25. The maximum Gasteiger partial charge on any atom is 0.328 e. The smallest absolute Gasteiger partial charge is 0.328 e. The van der Waals surface area contributed by atoms with Crippen molar-refractivity contribution in [3.05, 3.63) is 36.5 Å². The van der Waals surface area contributed by atoms with Gasteiger partial charge in [-0.05, 0) is 52.8 Å². The van der Waals surface area contributed by atoms with Crippen molar-refractivity contribution < 1.29 is 19.1 Å². The van der Waals surface area contributed by atoms with Crippen molar-refractivity contribution in [3.63, 3.8) is 0 Å². The van der Waals surface area contributed by atoms with E-state index in [1.54, 1.807) is 33.9 Å². The topological polar surface area (TPSA) is 104 Å². The average molecular weight is 373 g/mol. The molecule has 0 spiro atoms. The van der Waals surface area contributed by atoms with E-state index in [0.29, 0.717) is 18.6 Å². The van der Waals surface area contributed by atoms with Gasteiger partial charge in [-0.25, -0.2) is 4.79 Å². The Morgan fingerprint density at radius 3 is 2.56 bits per heavy atom. The van der Waals surface area contributed by atoms with E-state index in [0.717, 1.165) is 10.9 Å². The van der Waals surface area contributed by atoms with Gasteiger partial charge in [-0.3, -0.25) is 9.78 Å². The second-order valence-electron chi connectivity index (χ2n) is 7.34. The largest absolute Gasteiger partial charge is 0.459 e. The molecule has 0 saturated carbocycles. The molecule has 0 aliphatic carbocycles. The van der Waals surface area contributed by atoms with Crippen molar-refractivity contribution >= 4 is 22.8 Å². The number of aromatic nitrogens is 1. The minimum absolute atomic E-state index is 0.297. The van der Waals surface area contributed by atoms with Crippen molar-refractivity contribution in [2.24, 2.45) is 5.73 Å². The zero-order valence-corrected chi connectivity index (χ0v) is 16.2. The third kappa shape index (κ3) is 6.30. The van der Waals surface area contributed by atoms with E-state index in [1.807, 2.05) is 24.3 Å². The first-order valence-corrected chi connectivity index (χ1v) is 8.92. The van der Waals surface area contributed by atoms with Crippen LogP contribution in [0.2, 0.25) is 0 Å². The van der Waals surface area contributed by atoms with Crippen LogP contribution in [0.5, 0.6) is 5.75 Å². The molecule has 0 radical (unpaired) electrons. The quantitative estimate of drug-likeness (QED) is 0.717. The fourth-order valence-corrected chi connectivity index (χ4v) is 2.52. The minimum Gasteiger partial charge on any atom is -0.459 e. The van der Waals surface area contributed by atoms with Gasteiger partial charge < -0.3 is 20.5 Å². The van der Waals surface area contributed by atoms with Crippen LogP contribution in [0.15, 0.2) is 36.5 Å². The van der Waals surface area contributed by atoms with E-state index < -0.39 is 29.6 Å². The molecule has 2 atom stereocenters. The molecule has 0 saturated heterocycles. The summed E-state index contributed by atoms with van der Waals surface area (Å²) < 4.78 is 10.7. The first-order chi connectivity index (χ1) is 12.7. The van der Waals surface area contributed by atoms with Crippen LogP contribution in [0.1, 0.15) is 33.6 Å². The van der Waals surface area contributed by atoms with E-state index in [1.165, 1.54) is 6.20 Å². The lowest BCUT2D eigenvalue weighted by molar-refractivity contribution is -0.156.